The van der Waals surface area contributed by atoms with Gasteiger partial charge in [-0.3, -0.25) is 0 Å². The summed E-state index contributed by atoms with van der Waals surface area (Å²) in [4.78, 5) is 4.16. The Morgan fingerprint density at radius 3 is 3.00 bits per heavy atom. The number of anilines is 1. The minimum Gasteiger partial charge on any atom is -0.383 e. The molecule has 3 nitrogen and oxygen atoms in total. The summed E-state index contributed by atoms with van der Waals surface area (Å²) in [6, 6.07) is 4.30. The number of allylic oxidation sites excluding steroid dienone is 1. The molecule has 1 atom stereocenters. The molecule has 0 amide bonds. The molecule has 3 heteroatoms. The normalized spacial score (nSPS) is 17.6. The largest absolute Gasteiger partial charge is 0.383 e. The first kappa shape index (κ1) is 12.1. The number of nitrogens with zero attached hydrogens (tertiary/aromatic N) is 1. The molecule has 1 aliphatic carbocycles. The maximum absolute atomic E-state index is 5.93. The average molecular weight is 231 g/mol. The average Bonchev–Trinajstić information content (AvgIpc) is 2.38. The highest BCUT2D eigenvalue weighted by molar-refractivity contribution is 5.41. The fraction of sp³-hybridized carbons (Fsp3) is 0.500. The maximum Gasteiger partial charge on any atom is 0.128 e. The molecular formula is C14H21N3. The zero-order valence-electron chi connectivity index (χ0n) is 10.4. The second-order valence-electron chi connectivity index (χ2n) is 4.63. The number of nitrogens with one attached hydrogen (secondary N) is 1. The van der Waals surface area contributed by atoms with Gasteiger partial charge in [0, 0.05) is 17.8 Å². The van der Waals surface area contributed by atoms with Gasteiger partial charge in [0.15, 0.2) is 0 Å². The number of hydrogen-bond donors (Lipinski definition) is 2. The van der Waals surface area contributed by atoms with E-state index in [1.807, 2.05) is 13.1 Å². The Morgan fingerprint density at radius 1 is 1.47 bits per heavy atom. The Hall–Kier alpha value is -1.35. The summed E-state index contributed by atoms with van der Waals surface area (Å²) in [5.41, 5.74) is 8.60. The molecule has 0 fully saturated rings. The van der Waals surface area contributed by atoms with Crippen molar-refractivity contribution in [2.75, 3.05) is 12.8 Å². The molecule has 1 heterocycles. The van der Waals surface area contributed by atoms with Crippen LogP contribution in [0.25, 0.3) is 0 Å². The summed E-state index contributed by atoms with van der Waals surface area (Å²) in [7, 11) is 1.99. The van der Waals surface area contributed by atoms with E-state index in [1.54, 1.807) is 11.8 Å². The van der Waals surface area contributed by atoms with Gasteiger partial charge in [-0.1, -0.05) is 17.7 Å². The molecule has 92 valence electrons. The lowest BCUT2D eigenvalue weighted by atomic mass is 9.92. The van der Waals surface area contributed by atoms with Crippen LogP contribution in [-0.2, 0) is 0 Å². The van der Waals surface area contributed by atoms with Crippen molar-refractivity contribution >= 4 is 5.82 Å². The van der Waals surface area contributed by atoms with Crippen LogP contribution < -0.4 is 11.1 Å². The van der Waals surface area contributed by atoms with Gasteiger partial charge in [-0.2, -0.15) is 0 Å². The van der Waals surface area contributed by atoms with E-state index in [2.05, 4.69) is 22.4 Å². The van der Waals surface area contributed by atoms with Gasteiger partial charge in [-0.25, -0.2) is 4.98 Å². The standard InChI is InChI=1S/C14H21N3/c1-16-13(10-11-6-3-2-4-7-11)12-8-5-9-17-14(12)15/h5-6,8-9,13,16H,2-4,7,10H2,1H3,(H2,15,17). The molecule has 1 aromatic heterocycles. The Balaban J connectivity index is 2.11. The molecule has 1 aromatic rings. The van der Waals surface area contributed by atoms with E-state index >= 15 is 0 Å². The topological polar surface area (TPSA) is 50.9 Å². The Morgan fingerprint density at radius 2 is 2.35 bits per heavy atom. The van der Waals surface area contributed by atoms with Gasteiger partial charge < -0.3 is 11.1 Å². The first-order chi connectivity index (χ1) is 8.31. The lowest BCUT2D eigenvalue weighted by molar-refractivity contribution is 0.559. The van der Waals surface area contributed by atoms with E-state index in [0.29, 0.717) is 5.82 Å². The van der Waals surface area contributed by atoms with E-state index in [0.717, 1.165) is 12.0 Å². The lowest BCUT2D eigenvalue weighted by Gasteiger charge is -2.21. The van der Waals surface area contributed by atoms with Crippen LogP contribution in [0.3, 0.4) is 0 Å². The van der Waals surface area contributed by atoms with Crippen LogP contribution in [-0.4, -0.2) is 12.0 Å². The van der Waals surface area contributed by atoms with E-state index < -0.39 is 0 Å². The van der Waals surface area contributed by atoms with Gasteiger partial charge in [0.25, 0.3) is 0 Å². The van der Waals surface area contributed by atoms with Crippen LogP contribution >= 0.6 is 0 Å². The molecule has 0 aromatic carbocycles. The van der Waals surface area contributed by atoms with Gasteiger partial charge in [-0.05, 0) is 45.2 Å². The predicted octanol–water partition coefficient (Wildman–Crippen LogP) is 2.81. The molecule has 0 spiro atoms. The van der Waals surface area contributed by atoms with Crippen LogP contribution in [0.2, 0.25) is 0 Å². The van der Waals surface area contributed by atoms with Crippen molar-refractivity contribution < 1.29 is 0 Å². The molecule has 17 heavy (non-hydrogen) atoms. The molecule has 0 bridgehead atoms. The minimum absolute atomic E-state index is 0.285. The van der Waals surface area contributed by atoms with Gasteiger partial charge >= 0.3 is 0 Å². The third-order valence-electron chi connectivity index (χ3n) is 3.45. The number of hydrogen-bond acceptors (Lipinski definition) is 3. The third-order valence-corrected chi connectivity index (χ3v) is 3.45. The third kappa shape index (κ3) is 3.07. The number of nitrogens with two attached hydrogens (primary N) is 1. The molecule has 0 saturated heterocycles. The van der Waals surface area contributed by atoms with Crippen LogP contribution in [0.5, 0.6) is 0 Å². The van der Waals surface area contributed by atoms with E-state index in [1.165, 1.54) is 25.7 Å². The van der Waals surface area contributed by atoms with Crippen LogP contribution in [0.15, 0.2) is 30.0 Å². The predicted molar refractivity (Wildman–Crippen MR) is 71.6 cm³/mol. The first-order valence-corrected chi connectivity index (χ1v) is 6.37. The highest BCUT2D eigenvalue weighted by atomic mass is 14.9. The van der Waals surface area contributed by atoms with Crippen molar-refractivity contribution in [1.29, 1.82) is 0 Å². The van der Waals surface area contributed by atoms with Crippen LogP contribution in [0, 0.1) is 0 Å². The summed E-state index contributed by atoms with van der Waals surface area (Å²) < 4.78 is 0. The van der Waals surface area contributed by atoms with Crippen molar-refractivity contribution in [2.24, 2.45) is 0 Å². The SMILES string of the molecule is CNC(CC1=CCCCC1)c1cccnc1N. The second kappa shape index (κ2) is 5.82. The van der Waals surface area contributed by atoms with Crippen molar-refractivity contribution in [3.63, 3.8) is 0 Å². The number of nitrogen functional groups attached to an aromatic ring is 1. The first-order valence-electron chi connectivity index (χ1n) is 6.37. The quantitative estimate of drug-likeness (QED) is 0.783. The maximum atomic E-state index is 5.93. The monoisotopic (exact) mass is 231 g/mol. The highest BCUT2D eigenvalue weighted by Gasteiger charge is 2.15. The molecule has 1 aliphatic rings. The molecule has 0 radical (unpaired) electrons. The molecule has 3 N–H and O–H groups in total. The van der Waals surface area contributed by atoms with Crippen molar-refractivity contribution in [1.82, 2.24) is 10.3 Å². The molecule has 1 unspecified atom stereocenters. The molecular weight excluding hydrogens is 210 g/mol. The second-order valence-corrected chi connectivity index (χ2v) is 4.63. The molecule has 0 saturated carbocycles. The fourth-order valence-electron chi connectivity index (χ4n) is 2.44. The van der Waals surface area contributed by atoms with Gasteiger partial charge in [0.2, 0.25) is 0 Å². The number of pyridine rings is 1. The van der Waals surface area contributed by atoms with Crippen molar-refractivity contribution in [2.45, 2.75) is 38.1 Å². The Kier molecular flexibility index (Phi) is 4.15. The zero-order valence-corrected chi connectivity index (χ0v) is 10.4. The van der Waals surface area contributed by atoms with Gasteiger partial charge in [0.1, 0.15) is 5.82 Å². The summed E-state index contributed by atoms with van der Waals surface area (Å²) in [5, 5.41) is 3.35. The van der Waals surface area contributed by atoms with Crippen LogP contribution in [0.1, 0.15) is 43.7 Å². The molecule has 0 aliphatic heterocycles. The van der Waals surface area contributed by atoms with Gasteiger partial charge in [-0.15, -0.1) is 0 Å². The highest BCUT2D eigenvalue weighted by Crippen LogP contribution is 2.29. The van der Waals surface area contributed by atoms with E-state index in [4.69, 9.17) is 5.73 Å². The van der Waals surface area contributed by atoms with Crippen LogP contribution in [0.4, 0.5) is 5.82 Å². The van der Waals surface area contributed by atoms with Crippen molar-refractivity contribution in [3.05, 3.63) is 35.5 Å². The van der Waals surface area contributed by atoms with E-state index in [9.17, 15) is 0 Å². The van der Waals surface area contributed by atoms with Crippen molar-refractivity contribution in [3.8, 4) is 0 Å². The summed E-state index contributed by atoms with van der Waals surface area (Å²) in [5.74, 6) is 0.642. The lowest BCUT2D eigenvalue weighted by Crippen LogP contribution is -2.19. The van der Waals surface area contributed by atoms with Gasteiger partial charge in [0.05, 0.1) is 0 Å². The Labute approximate surface area is 103 Å². The minimum atomic E-state index is 0.285. The Bertz CT molecular complexity index is 398. The molecule has 2 rings (SSSR count). The smallest absolute Gasteiger partial charge is 0.128 e. The number of aromatic nitrogens is 1. The summed E-state index contributed by atoms with van der Waals surface area (Å²) in [6.07, 6.45) is 10.3. The summed E-state index contributed by atoms with van der Waals surface area (Å²) in [6.45, 7) is 0. The van der Waals surface area contributed by atoms with E-state index in [-0.39, 0.29) is 6.04 Å². The summed E-state index contributed by atoms with van der Waals surface area (Å²) >= 11 is 0. The number of rotatable bonds is 4. The zero-order chi connectivity index (χ0) is 12.1. The fourth-order valence-corrected chi connectivity index (χ4v) is 2.44.